The first-order valence-electron chi connectivity index (χ1n) is 5.44. The molecule has 1 amide bonds. The van der Waals surface area contributed by atoms with E-state index in [9.17, 15) is 4.79 Å². The molecule has 0 saturated carbocycles. The van der Waals surface area contributed by atoms with Gasteiger partial charge in [0, 0.05) is 14.5 Å². The Kier molecular flexibility index (Phi) is 4.45. The Bertz CT molecular complexity index is 580. The van der Waals surface area contributed by atoms with Crippen molar-refractivity contribution in [1.29, 1.82) is 0 Å². The lowest BCUT2D eigenvalue weighted by atomic mass is 10.2. The minimum atomic E-state index is -0.142. The SMILES string of the molecule is CCc1occc1C(=O)Nc1cc(Br)ccc1I. The van der Waals surface area contributed by atoms with Crippen molar-refractivity contribution in [3.8, 4) is 0 Å². The van der Waals surface area contributed by atoms with E-state index in [1.54, 1.807) is 12.3 Å². The fourth-order valence-corrected chi connectivity index (χ4v) is 2.43. The monoisotopic (exact) mass is 419 g/mol. The van der Waals surface area contributed by atoms with Crippen LogP contribution in [0.15, 0.2) is 39.4 Å². The molecule has 3 nitrogen and oxygen atoms in total. The zero-order valence-electron chi connectivity index (χ0n) is 9.67. The van der Waals surface area contributed by atoms with Crippen LogP contribution in [0.4, 0.5) is 5.69 Å². The number of carbonyl (C=O) groups excluding carboxylic acids is 1. The third-order valence-corrected chi connectivity index (χ3v) is 3.92. The zero-order valence-corrected chi connectivity index (χ0v) is 13.4. The number of halogens is 2. The minimum Gasteiger partial charge on any atom is -0.469 e. The van der Waals surface area contributed by atoms with E-state index in [2.05, 4.69) is 43.8 Å². The van der Waals surface area contributed by atoms with Crippen molar-refractivity contribution < 1.29 is 9.21 Å². The molecule has 0 bridgehead atoms. The number of anilines is 1. The van der Waals surface area contributed by atoms with E-state index in [4.69, 9.17) is 4.42 Å². The van der Waals surface area contributed by atoms with Gasteiger partial charge in [-0.05, 0) is 46.9 Å². The maximum absolute atomic E-state index is 12.1. The summed E-state index contributed by atoms with van der Waals surface area (Å²) in [5.74, 6) is 0.564. The molecular formula is C13H11BrINO2. The lowest BCUT2D eigenvalue weighted by molar-refractivity contribution is 0.102. The van der Waals surface area contributed by atoms with Crippen molar-refractivity contribution in [2.45, 2.75) is 13.3 Å². The molecule has 0 unspecified atom stereocenters. The Balaban J connectivity index is 2.24. The summed E-state index contributed by atoms with van der Waals surface area (Å²) in [5, 5.41) is 2.89. The molecule has 0 spiro atoms. The van der Waals surface area contributed by atoms with E-state index >= 15 is 0 Å². The number of amides is 1. The second-order valence-corrected chi connectivity index (χ2v) is 5.77. The molecule has 1 N–H and O–H groups in total. The standard InChI is InChI=1S/C13H11BrINO2/c1-2-12-9(5-6-18-12)13(17)16-11-7-8(14)3-4-10(11)15/h3-7H,2H2,1H3,(H,16,17). The van der Waals surface area contributed by atoms with Gasteiger partial charge in [-0.3, -0.25) is 4.79 Å². The Morgan fingerprint density at radius 2 is 2.22 bits per heavy atom. The van der Waals surface area contributed by atoms with Crippen LogP contribution >= 0.6 is 38.5 Å². The smallest absolute Gasteiger partial charge is 0.259 e. The molecule has 0 saturated heterocycles. The number of nitrogens with one attached hydrogen (secondary N) is 1. The van der Waals surface area contributed by atoms with Crippen LogP contribution in [0.1, 0.15) is 23.0 Å². The number of rotatable bonds is 3. The highest BCUT2D eigenvalue weighted by molar-refractivity contribution is 14.1. The summed E-state index contributed by atoms with van der Waals surface area (Å²) in [4.78, 5) is 12.1. The first-order valence-corrected chi connectivity index (χ1v) is 7.31. The molecule has 0 aliphatic carbocycles. The molecule has 1 aromatic heterocycles. The Hall–Kier alpha value is -0.820. The molecule has 0 aliphatic rings. The van der Waals surface area contributed by atoms with Crippen molar-refractivity contribution in [3.63, 3.8) is 0 Å². The van der Waals surface area contributed by atoms with Gasteiger partial charge in [0.2, 0.25) is 0 Å². The number of hydrogen-bond donors (Lipinski definition) is 1. The normalized spacial score (nSPS) is 10.4. The van der Waals surface area contributed by atoms with Crippen molar-refractivity contribution in [1.82, 2.24) is 0 Å². The molecule has 0 radical (unpaired) electrons. The van der Waals surface area contributed by atoms with E-state index < -0.39 is 0 Å². The van der Waals surface area contributed by atoms with Crippen molar-refractivity contribution in [2.75, 3.05) is 5.32 Å². The molecule has 1 heterocycles. The fourth-order valence-electron chi connectivity index (χ4n) is 1.60. The van der Waals surface area contributed by atoms with Gasteiger partial charge in [-0.15, -0.1) is 0 Å². The summed E-state index contributed by atoms with van der Waals surface area (Å²) in [7, 11) is 0. The van der Waals surface area contributed by atoms with Crippen LogP contribution < -0.4 is 5.32 Å². The van der Waals surface area contributed by atoms with Crippen LogP contribution in [-0.4, -0.2) is 5.91 Å². The van der Waals surface area contributed by atoms with Gasteiger partial charge in [-0.2, -0.15) is 0 Å². The molecule has 2 rings (SSSR count). The highest BCUT2D eigenvalue weighted by Crippen LogP contribution is 2.24. The van der Waals surface area contributed by atoms with Gasteiger partial charge in [0.25, 0.3) is 5.91 Å². The summed E-state index contributed by atoms with van der Waals surface area (Å²) < 4.78 is 7.18. The molecule has 0 aliphatic heterocycles. The van der Waals surface area contributed by atoms with E-state index in [1.165, 1.54) is 0 Å². The van der Waals surface area contributed by atoms with Crippen LogP contribution in [0, 0.1) is 3.57 Å². The zero-order chi connectivity index (χ0) is 13.1. The van der Waals surface area contributed by atoms with Crippen molar-refractivity contribution >= 4 is 50.1 Å². The van der Waals surface area contributed by atoms with E-state index in [1.807, 2.05) is 25.1 Å². The highest BCUT2D eigenvalue weighted by Gasteiger charge is 2.14. The summed E-state index contributed by atoms with van der Waals surface area (Å²) >= 11 is 5.58. The van der Waals surface area contributed by atoms with Crippen LogP contribution in [-0.2, 0) is 6.42 Å². The Morgan fingerprint density at radius 1 is 1.44 bits per heavy atom. The van der Waals surface area contributed by atoms with Crippen LogP contribution in [0.25, 0.3) is 0 Å². The summed E-state index contributed by atoms with van der Waals surface area (Å²) in [6.07, 6.45) is 2.24. The van der Waals surface area contributed by atoms with Gasteiger partial charge in [0.05, 0.1) is 17.5 Å². The maximum Gasteiger partial charge on any atom is 0.259 e. The third kappa shape index (κ3) is 2.95. The number of hydrogen-bond acceptors (Lipinski definition) is 2. The highest BCUT2D eigenvalue weighted by atomic mass is 127. The number of furan rings is 1. The average Bonchev–Trinajstić information content (AvgIpc) is 2.82. The maximum atomic E-state index is 12.1. The molecule has 5 heteroatoms. The lowest BCUT2D eigenvalue weighted by Crippen LogP contribution is -2.13. The van der Waals surface area contributed by atoms with Crippen LogP contribution in [0.2, 0.25) is 0 Å². The summed E-state index contributed by atoms with van der Waals surface area (Å²) in [5.41, 5.74) is 1.38. The fraction of sp³-hybridized carbons (Fsp3) is 0.154. The number of aryl methyl sites for hydroxylation is 1. The molecule has 0 atom stereocenters. The number of benzene rings is 1. The van der Waals surface area contributed by atoms with E-state index in [0.29, 0.717) is 17.7 Å². The van der Waals surface area contributed by atoms with Crippen molar-refractivity contribution in [2.24, 2.45) is 0 Å². The van der Waals surface area contributed by atoms with Gasteiger partial charge >= 0.3 is 0 Å². The molecule has 0 fully saturated rings. The van der Waals surface area contributed by atoms with E-state index in [-0.39, 0.29) is 5.91 Å². The van der Waals surface area contributed by atoms with Gasteiger partial charge in [0.1, 0.15) is 5.76 Å². The van der Waals surface area contributed by atoms with Crippen LogP contribution in [0.5, 0.6) is 0 Å². The largest absolute Gasteiger partial charge is 0.469 e. The van der Waals surface area contributed by atoms with Gasteiger partial charge < -0.3 is 9.73 Å². The van der Waals surface area contributed by atoms with Gasteiger partial charge in [-0.1, -0.05) is 22.9 Å². The van der Waals surface area contributed by atoms with Crippen LogP contribution in [0.3, 0.4) is 0 Å². The first kappa shape index (κ1) is 13.6. The topological polar surface area (TPSA) is 42.2 Å². The average molecular weight is 420 g/mol. The Morgan fingerprint density at radius 3 is 2.94 bits per heavy atom. The Labute approximate surface area is 127 Å². The summed E-state index contributed by atoms with van der Waals surface area (Å²) in [6.45, 7) is 1.96. The second kappa shape index (κ2) is 5.88. The minimum absolute atomic E-state index is 0.142. The predicted octanol–water partition coefficient (Wildman–Crippen LogP) is 4.46. The predicted molar refractivity (Wildman–Crippen MR) is 82.9 cm³/mol. The summed E-state index contributed by atoms with van der Waals surface area (Å²) in [6, 6.07) is 7.45. The number of carbonyl (C=O) groups is 1. The molecule has 18 heavy (non-hydrogen) atoms. The van der Waals surface area contributed by atoms with E-state index in [0.717, 1.165) is 13.7 Å². The van der Waals surface area contributed by atoms with Gasteiger partial charge in [0.15, 0.2) is 0 Å². The quantitative estimate of drug-likeness (QED) is 0.746. The van der Waals surface area contributed by atoms with Crippen molar-refractivity contribution in [3.05, 3.63) is 49.9 Å². The molecule has 94 valence electrons. The third-order valence-electron chi connectivity index (χ3n) is 2.49. The molecule has 1 aromatic carbocycles. The molecule has 2 aromatic rings. The van der Waals surface area contributed by atoms with Gasteiger partial charge in [-0.25, -0.2) is 0 Å². The lowest BCUT2D eigenvalue weighted by Gasteiger charge is -2.07. The second-order valence-electron chi connectivity index (χ2n) is 3.69. The molecular weight excluding hydrogens is 409 g/mol. The first-order chi connectivity index (χ1) is 8.61.